The summed E-state index contributed by atoms with van der Waals surface area (Å²) < 4.78 is 4.86. The van der Waals surface area contributed by atoms with Gasteiger partial charge in [-0.3, -0.25) is 9.79 Å². The van der Waals surface area contributed by atoms with Gasteiger partial charge in [0, 0.05) is 34.3 Å². The standard InChI is InChI=1S/C13H26N4O2/c1-5-6-7-9-17(3)13(14-2)16-11-12(18)15-8-10-19-4/h5H,1,6-11H2,2-4H3,(H,14,16)(H,15,18). The third-order valence-corrected chi connectivity index (χ3v) is 2.51. The topological polar surface area (TPSA) is 66.0 Å². The van der Waals surface area contributed by atoms with E-state index in [1.807, 2.05) is 18.0 Å². The fourth-order valence-electron chi connectivity index (χ4n) is 1.48. The highest BCUT2D eigenvalue weighted by atomic mass is 16.5. The molecule has 0 aliphatic heterocycles. The Morgan fingerprint density at radius 1 is 1.47 bits per heavy atom. The first kappa shape index (κ1) is 17.4. The van der Waals surface area contributed by atoms with Crippen LogP contribution in [0.15, 0.2) is 17.6 Å². The number of carbonyl (C=O) groups excluding carboxylic acids is 1. The van der Waals surface area contributed by atoms with E-state index < -0.39 is 0 Å². The number of methoxy groups -OCH3 is 1. The van der Waals surface area contributed by atoms with Gasteiger partial charge >= 0.3 is 0 Å². The summed E-state index contributed by atoms with van der Waals surface area (Å²) in [7, 11) is 5.25. The number of hydrogen-bond acceptors (Lipinski definition) is 3. The van der Waals surface area contributed by atoms with Crippen molar-refractivity contribution in [2.75, 3.05) is 47.4 Å². The molecule has 0 heterocycles. The second kappa shape index (κ2) is 11.5. The van der Waals surface area contributed by atoms with Crippen molar-refractivity contribution in [3.8, 4) is 0 Å². The van der Waals surface area contributed by atoms with Gasteiger partial charge in [0.25, 0.3) is 0 Å². The molecule has 6 heteroatoms. The van der Waals surface area contributed by atoms with Gasteiger partial charge in [-0.2, -0.15) is 0 Å². The maximum absolute atomic E-state index is 11.5. The van der Waals surface area contributed by atoms with Crippen LogP contribution in [-0.2, 0) is 9.53 Å². The smallest absolute Gasteiger partial charge is 0.239 e. The van der Waals surface area contributed by atoms with Gasteiger partial charge in [-0.05, 0) is 12.8 Å². The number of guanidine groups is 1. The lowest BCUT2D eigenvalue weighted by molar-refractivity contribution is -0.120. The minimum Gasteiger partial charge on any atom is -0.383 e. The normalized spacial score (nSPS) is 11.0. The Bertz CT molecular complexity index is 292. The number of nitrogens with zero attached hydrogens (tertiary/aromatic N) is 2. The molecule has 0 saturated heterocycles. The SMILES string of the molecule is C=CCCCN(C)C(=NC)NCC(=O)NCCOC. The molecule has 0 fully saturated rings. The minimum absolute atomic E-state index is 0.0716. The number of rotatable bonds is 9. The summed E-state index contributed by atoms with van der Waals surface area (Å²) in [6.07, 6.45) is 3.88. The largest absolute Gasteiger partial charge is 0.383 e. The Hall–Kier alpha value is -1.56. The number of carbonyl (C=O) groups is 1. The number of allylic oxidation sites excluding steroid dienone is 1. The molecule has 0 bridgehead atoms. The van der Waals surface area contributed by atoms with E-state index in [0.717, 1.165) is 19.4 Å². The first-order valence-electron chi connectivity index (χ1n) is 6.44. The molecule has 0 aromatic heterocycles. The van der Waals surface area contributed by atoms with Crippen LogP contribution in [0.1, 0.15) is 12.8 Å². The van der Waals surface area contributed by atoms with Crippen molar-refractivity contribution in [3.05, 3.63) is 12.7 Å². The van der Waals surface area contributed by atoms with Gasteiger partial charge in [-0.1, -0.05) is 6.08 Å². The van der Waals surface area contributed by atoms with Crippen LogP contribution in [0, 0.1) is 0 Å². The third-order valence-electron chi connectivity index (χ3n) is 2.51. The molecule has 2 N–H and O–H groups in total. The zero-order chi connectivity index (χ0) is 14.5. The lowest BCUT2D eigenvalue weighted by Gasteiger charge is -2.21. The molecule has 0 saturated carbocycles. The van der Waals surface area contributed by atoms with Gasteiger partial charge in [-0.15, -0.1) is 6.58 Å². The van der Waals surface area contributed by atoms with Crippen LogP contribution in [0.25, 0.3) is 0 Å². The molecule has 0 rings (SSSR count). The summed E-state index contributed by atoms with van der Waals surface area (Å²) in [5, 5.41) is 5.76. The van der Waals surface area contributed by atoms with Crippen LogP contribution in [0.4, 0.5) is 0 Å². The summed E-state index contributed by atoms with van der Waals surface area (Å²) in [6, 6.07) is 0. The molecule has 0 radical (unpaired) electrons. The molecular weight excluding hydrogens is 244 g/mol. The van der Waals surface area contributed by atoms with Crippen LogP contribution in [0.5, 0.6) is 0 Å². The number of hydrogen-bond donors (Lipinski definition) is 2. The second-order valence-corrected chi connectivity index (χ2v) is 4.10. The number of amides is 1. The third kappa shape index (κ3) is 9.07. The number of aliphatic imine (C=N–C) groups is 1. The minimum atomic E-state index is -0.0716. The van der Waals surface area contributed by atoms with E-state index in [9.17, 15) is 4.79 Å². The van der Waals surface area contributed by atoms with Crippen LogP contribution in [-0.4, -0.2) is 64.2 Å². The van der Waals surface area contributed by atoms with Crippen LogP contribution in [0.2, 0.25) is 0 Å². The van der Waals surface area contributed by atoms with Gasteiger partial charge in [0.05, 0.1) is 13.2 Å². The van der Waals surface area contributed by atoms with Crippen LogP contribution >= 0.6 is 0 Å². The molecule has 1 amide bonds. The zero-order valence-corrected chi connectivity index (χ0v) is 12.2. The van der Waals surface area contributed by atoms with Gasteiger partial charge in [0.1, 0.15) is 0 Å². The molecular formula is C13H26N4O2. The van der Waals surface area contributed by atoms with Crippen molar-refractivity contribution in [3.63, 3.8) is 0 Å². The first-order chi connectivity index (χ1) is 9.15. The molecule has 110 valence electrons. The molecule has 0 aromatic carbocycles. The molecule has 6 nitrogen and oxygen atoms in total. The van der Waals surface area contributed by atoms with Crippen molar-refractivity contribution in [1.82, 2.24) is 15.5 Å². The van der Waals surface area contributed by atoms with E-state index in [0.29, 0.717) is 19.1 Å². The fraction of sp³-hybridized carbons (Fsp3) is 0.692. The summed E-state index contributed by atoms with van der Waals surface area (Å²) in [5.74, 6) is 0.642. The van der Waals surface area contributed by atoms with Crippen LogP contribution < -0.4 is 10.6 Å². The average molecular weight is 270 g/mol. The summed E-state index contributed by atoms with van der Waals surface area (Å²) >= 11 is 0. The Morgan fingerprint density at radius 3 is 2.79 bits per heavy atom. The molecule has 19 heavy (non-hydrogen) atoms. The van der Waals surface area contributed by atoms with Crippen molar-refractivity contribution < 1.29 is 9.53 Å². The predicted molar refractivity (Wildman–Crippen MR) is 78.3 cm³/mol. The van der Waals surface area contributed by atoms with E-state index in [1.165, 1.54) is 0 Å². The highest BCUT2D eigenvalue weighted by Gasteiger charge is 2.07. The Kier molecular flexibility index (Phi) is 10.6. The van der Waals surface area contributed by atoms with Crippen molar-refractivity contribution in [2.45, 2.75) is 12.8 Å². The van der Waals surface area contributed by atoms with Gasteiger partial charge in [-0.25, -0.2) is 0 Å². The molecule has 0 spiro atoms. The lowest BCUT2D eigenvalue weighted by atomic mass is 10.3. The average Bonchev–Trinajstić information content (AvgIpc) is 2.40. The Balaban J connectivity index is 3.92. The van der Waals surface area contributed by atoms with Gasteiger partial charge in [0.15, 0.2) is 5.96 Å². The van der Waals surface area contributed by atoms with Crippen molar-refractivity contribution in [1.29, 1.82) is 0 Å². The molecule has 0 aliphatic rings. The van der Waals surface area contributed by atoms with E-state index in [-0.39, 0.29) is 12.5 Å². The maximum atomic E-state index is 11.5. The molecule has 0 atom stereocenters. The molecule has 0 aliphatic carbocycles. The summed E-state index contributed by atoms with van der Waals surface area (Å²) in [5.41, 5.74) is 0. The van der Waals surface area contributed by atoms with E-state index in [2.05, 4.69) is 22.2 Å². The highest BCUT2D eigenvalue weighted by molar-refractivity contribution is 5.86. The van der Waals surface area contributed by atoms with Crippen molar-refractivity contribution in [2.24, 2.45) is 4.99 Å². The fourth-order valence-corrected chi connectivity index (χ4v) is 1.48. The lowest BCUT2D eigenvalue weighted by Crippen LogP contribution is -2.44. The van der Waals surface area contributed by atoms with Crippen LogP contribution in [0.3, 0.4) is 0 Å². The van der Waals surface area contributed by atoms with E-state index in [4.69, 9.17) is 4.74 Å². The highest BCUT2D eigenvalue weighted by Crippen LogP contribution is 1.93. The molecule has 0 aromatic rings. The second-order valence-electron chi connectivity index (χ2n) is 4.10. The predicted octanol–water partition coefficient (Wildman–Crippen LogP) is 0.222. The number of ether oxygens (including phenoxy) is 1. The van der Waals surface area contributed by atoms with Crippen molar-refractivity contribution >= 4 is 11.9 Å². The summed E-state index contributed by atoms with van der Waals surface area (Å²) in [4.78, 5) is 17.6. The maximum Gasteiger partial charge on any atom is 0.239 e. The van der Waals surface area contributed by atoms with E-state index >= 15 is 0 Å². The summed E-state index contributed by atoms with van der Waals surface area (Å²) in [6.45, 7) is 5.81. The van der Waals surface area contributed by atoms with Gasteiger partial charge < -0.3 is 20.3 Å². The van der Waals surface area contributed by atoms with Gasteiger partial charge in [0.2, 0.25) is 5.91 Å². The first-order valence-corrected chi connectivity index (χ1v) is 6.44. The monoisotopic (exact) mass is 270 g/mol. The quantitative estimate of drug-likeness (QED) is 0.272. The zero-order valence-electron chi connectivity index (χ0n) is 12.2. The molecule has 0 unspecified atom stereocenters. The Morgan fingerprint density at radius 2 is 2.21 bits per heavy atom. The van der Waals surface area contributed by atoms with E-state index in [1.54, 1.807) is 14.2 Å². The number of unbranched alkanes of at least 4 members (excludes halogenated alkanes) is 1. The Labute approximate surface area is 115 Å². The number of nitrogens with one attached hydrogen (secondary N) is 2.